The minimum atomic E-state index is -0.408. The van der Waals surface area contributed by atoms with E-state index in [9.17, 15) is 14.4 Å². The van der Waals surface area contributed by atoms with Gasteiger partial charge in [0.05, 0.1) is 30.1 Å². The number of aryl methyl sites for hydroxylation is 1. The summed E-state index contributed by atoms with van der Waals surface area (Å²) in [5.74, 6) is -0.0641. The van der Waals surface area contributed by atoms with Crippen molar-refractivity contribution in [3.05, 3.63) is 76.2 Å². The van der Waals surface area contributed by atoms with Gasteiger partial charge in [0.25, 0.3) is 5.56 Å². The van der Waals surface area contributed by atoms with Crippen LogP contribution in [0.2, 0.25) is 0 Å². The fourth-order valence-electron chi connectivity index (χ4n) is 4.06. The van der Waals surface area contributed by atoms with Crippen LogP contribution < -0.4 is 10.9 Å². The van der Waals surface area contributed by atoms with Crippen LogP contribution >= 0.6 is 11.8 Å². The molecule has 2 aromatic carbocycles. The van der Waals surface area contributed by atoms with E-state index < -0.39 is 5.97 Å². The molecule has 3 heterocycles. The number of hydrogen-bond acceptors (Lipinski definition) is 7. The average Bonchev–Trinajstić information content (AvgIpc) is 3.44. The van der Waals surface area contributed by atoms with Crippen molar-refractivity contribution in [1.82, 2.24) is 19.3 Å². The molecule has 9 nitrogen and oxygen atoms in total. The lowest BCUT2D eigenvalue weighted by Gasteiger charge is -2.14. The number of ether oxygens (including phenoxy) is 1. The van der Waals surface area contributed by atoms with Gasteiger partial charge in [-0.15, -0.1) is 0 Å². The first-order valence-corrected chi connectivity index (χ1v) is 12.2. The summed E-state index contributed by atoms with van der Waals surface area (Å²) < 4.78 is 8.24. The normalized spacial score (nSPS) is 14.6. The summed E-state index contributed by atoms with van der Waals surface area (Å²) in [4.78, 5) is 42.6. The molecule has 1 amide bonds. The zero-order valence-corrected chi connectivity index (χ0v) is 20.0. The lowest BCUT2D eigenvalue weighted by Crippen LogP contribution is -2.27. The highest BCUT2D eigenvalue weighted by molar-refractivity contribution is 7.99. The topological polar surface area (TPSA) is 108 Å². The summed E-state index contributed by atoms with van der Waals surface area (Å²) in [5.41, 5.74) is 3.20. The number of nitrogens with zero attached hydrogens (tertiary/aromatic N) is 4. The summed E-state index contributed by atoms with van der Waals surface area (Å²) in [6.07, 6.45) is 1.66. The predicted octanol–water partition coefficient (Wildman–Crippen LogP) is 3.74. The number of amides is 1. The first-order chi connectivity index (χ1) is 16.9. The van der Waals surface area contributed by atoms with Crippen molar-refractivity contribution in [2.75, 3.05) is 17.7 Å². The number of hydrogen-bond donors (Lipinski definition) is 1. The summed E-state index contributed by atoms with van der Waals surface area (Å²) in [6.45, 7) is 4.04. The Balaban J connectivity index is 1.35. The van der Waals surface area contributed by atoms with Crippen molar-refractivity contribution in [3.63, 3.8) is 0 Å². The SMILES string of the molecule is CCOC(=O)c1ccc(NC(=O)CC2CSc3nc4c(cnn4-c4cccc(C)c4)c(=O)n32)cc1. The van der Waals surface area contributed by atoms with Crippen LogP contribution in [0.1, 0.15) is 35.3 Å². The number of carbonyl (C=O) groups is 2. The Hall–Kier alpha value is -3.92. The van der Waals surface area contributed by atoms with Crippen LogP contribution in [0.5, 0.6) is 0 Å². The van der Waals surface area contributed by atoms with E-state index in [2.05, 4.69) is 10.4 Å². The van der Waals surface area contributed by atoms with Crippen molar-refractivity contribution in [2.45, 2.75) is 31.5 Å². The monoisotopic (exact) mass is 489 g/mol. The van der Waals surface area contributed by atoms with E-state index in [1.54, 1.807) is 40.4 Å². The molecular formula is C25H23N5O4S. The Morgan fingerprint density at radius 2 is 2.00 bits per heavy atom. The molecule has 4 aromatic rings. The average molecular weight is 490 g/mol. The van der Waals surface area contributed by atoms with Gasteiger partial charge in [0, 0.05) is 17.9 Å². The number of thioether (sulfide) groups is 1. The second-order valence-corrected chi connectivity index (χ2v) is 9.20. The van der Waals surface area contributed by atoms with E-state index in [0.717, 1.165) is 11.3 Å². The second kappa shape index (κ2) is 9.38. The van der Waals surface area contributed by atoms with E-state index in [-0.39, 0.29) is 23.9 Å². The third-order valence-corrected chi connectivity index (χ3v) is 6.82. The van der Waals surface area contributed by atoms with Crippen LogP contribution in [0, 0.1) is 6.92 Å². The van der Waals surface area contributed by atoms with Gasteiger partial charge in [-0.25, -0.2) is 14.5 Å². The fraction of sp³-hybridized carbons (Fsp3) is 0.240. The molecule has 1 atom stereocenters. The van der Waals surface area contributed by atoms with Gasteiger partial charge in [-0.2, -0.15) is 5.10 Å². The smallest absolute Gasteiger partial charge is 0.338 e. The van der Waals surface area contributed by atoms with Gasteiger partial charge in [-0.3, -0.25) is 14.2 Å². The van der Waals surface area contributed by atoms with E-state index in [1.165, 1.54) is 18.0 Å². The van der Waals surface area contributed by atoms with Crippen LogP contribution in [0.25, 0.3) is 16.7 Å². The van der Waals surface area contributed by atoms with Gasteiger partial charge in [-0.05, 0) is 55.8 Å². The summed E-state index contributed by atoms with van der Waals surface area (Å²) in [6, 6.07) is 14.0. The molecule has 0 spiro atoms. The molecule has 0 aliphatic carbocycles. The maximum Gasteiger partial charge on any atom is 0.338 e. The molecule has 35 heavy (non-hydrogen) atoms. The second-order valence-electron chi connectivity index (χ2n) is 8.22. The molecule has 1 aliphatic rings. The Morgan fingerprint density at radius 3 is 2.74 bits per heavy atom. The van der Waals surface area contributed by atoms with E-state index in [0.29, 0.717) is 39.8 Å². The number of benzene rings is 2. The maximum absolute atomic E-state index is 13.3. The summed E-state index contributed by atoms with van der Waals surface area (Å²) >= 11 is 1.45. The highest BCUT2D eigenvalue weighted by Crippen LogP contribution is 2.33. The van der Waals surface area contributed by atoms with Crippen LogP contribution in [0.15, 0.2) is 64.7 Å². The molecule has 178 valence electrons. The minimum Gasteiger partial charge on any atom is -0.462 e. The molecule has 0 saturated heterocycles. The van der Waals surface area contributed by atoms with Crippen LogP contribution in [-0.2, 0) is 9.53 Å². The highest BCUT2D eigenvalue weighted by Gasteiger charge is 2.29. The Kier molecular flexibility index (Phi) is 6.12. The fourth-order valence-corrected chi connectivity index (χ4v) is 5.19. The Labute approximate surface area is 205 Å². The lowest BCUT2D eigenvalue weighted by atomic mass is 10.2. The number of anilines is 1. The molecule has 1 N–H and O–H groups in total. The quantitative estimate of drug-likeness (QED) is 0.325. The third kappa shape index (κ3) is 4.44. The standard InChI is InChI=1S/C25H23N5O4S/c1-3-34-24(33)16-7-9-17(10-8-16)27-21(31)12-19-14-35-25-28-22-20(23(32)29(19)25)13-26-30(22)18-6-4-5-15(2)11-18/h4-11,13,19H,3,12,14H2,1-2H3,(H,27,31). The van der Waals surface area contributed by atoms with E-state index >= 15 is 0 Å². The van der Waals surface area contributed by atoms with Crippen LogP contribution in [-0.4, -0.2) is 43.6 Å². The number of fused-ring (bicyclic) bond motifs is 2. The van der Waals surface area contributed by atoms with Crippen molar-refractivity contribution in [1.29, 1.82) is 0 Å². The van der Waals surface area contributed by atoms with Crippen molar-refractivity contribution in [3.8, 4) is 5.69 Å². The van der Waals surface area contributed by atoms with Gasteiger partial charge in [0.2, 0.25) is 5.91 Å². The predicted molar refractivity (Wildman–Crippen MR) is 133 cm³/mol. The number of carbonyl (C=O) groups excluding carboxylic acids is 2. The molecular weight excluding hydrogens is 466 g/mol. The lowest BCUT2D eigenvalue weighted by molar-refractivity contribution is -0.116. The van der Waals surface area contributed by atoms with Gasteiger partial charge in [-0.1, -0.05) is 23.9 Å². The van der Waals surface area contributed by atoms with Crippen LogP contribution in [0.4, 0.5) is 5.69 Å². The first kappa shape index (κ1) is 22.9. The molecule has 0 saturated carbocycles. The zero-order chi connectivity index (χ0) is 24.5. The van der Waals surface area contributed by atoms with Crippen LogP contribution in [0.3, 0.4) is 0 Å². The van der Waals surface area contributed by atoms with Gasteiger partial charge in [0.15, 0.2) is 10.8 Å². The van der Waals surface area contributed by atoms with Crippen molar-refractivity contribution < 1.29 is 14.3 Å². The number of nitrogens with one attached hydrogen (secondary N) is 1. The van der Waals surface area contributed by atoms with Gasteiger partial charge < -0.3 is 10.1 Å². The largest absolute Gasteiger partial charge is 0.462 e. The van der Waals surface area contributed by atoms with Gasteiger partial charge >= 0.3 is 5.97 Å². The molecule has 0 fully saturated rings. The molecule has 0 bridgehead atoms. The molecule has 2 aromatic heterocycles. The van der Waals surface area contributed by atoms with Gasteiger partial charge in [0.1, 0.15) is 5.39 Å². The highest BCUT2D eigenvalue weighted by atomic mass is 32.2. The molecule has 10 heteroatoms. The van der Waals surface area contributed by atoms with Crippen molar-refractivity contribution in [2.24, 2.45) is 0 Å². The summed E-state index contributed by atoms with van der Waals surface area (Å²) in [7, 11) is 0. The van der Waals surface area contributed by atoms with E-state index in [4.69, 9.17) is 9.72 Å². The molecule has 0 radical (unpaired) electrons. The maximum atomic E-state index is 13.3. The third-order valence-electron chi connectivity index (χ3n) is 5.72. The minimum absolute atomic E-state index is 0.124. The molecule has 5 rings (SSSR count). The first-order valence-electron chi connectivity index (χ1n) is 11.2. The number of esters is 1. The van der Waals surface area contributed by atoms with E-state index in [1.807, 2.05) is 31.2 Å². The number of aromatic nitrogens is 4. The molecule has 1 aliphatic heterocycles. The molecule has 1 unspecified atom stereocenters. The number of rotatable bonds is 6. The van der Waals surface area contributed by atoms with Crippen molar-refractivity contribution >= 4 is 40.4 Å². The Morgan fingerprint density at radius 1 is 1.20 bits per heavy atom. The summed E-state index contributed by atoms with van der Waals surface area (Å²) in [5, 5.41) is 8.22. The Bertz CT molecular complexity index is 1490. The zero-order valence-electron chi connectivity index (χ0n) is 19.2.